The molecule has 0 radical (unpaired) electrons. The number of carbonyl (C=O) groups excluding carboxylic acids is 1. The molecule has 0 saturated carbocycles. The van der Waals surface area contributed by atoms with Crippen LogP contribution in [0.3, 0.4) is 0 Å². The predicted molar refractivity (Wildman–Crippen MR) is 88.9 cm³/mol. The zero-order chi connectivity index (χ0) is 17.9. The maximum atomic E-state index is 13.8. The molecule has 0 aliphatic carbocycles. The molecule has 0 aromatic heterocycles. The van der Waals surface area contributed by atoms with Crippen molar-refractivity contribution in [3.8, 4) is 0 Å². The van der Waals surface area contributed by atoms with Gasteiger partial charge in [-0.3, -0.25) is 9.69 Å². The van der Waals surface area contributed by atoms with Gasteiger partial charge < -0.3 is 10.6 Å². The molecule has 138 valence electrons. The Balaban J connectivity index is 1.70. The fourth-order valence-electron chi connectivity index (χ4n) is 3.71. The molecular weight excluding hydrogens is 331 g/mol. The Hall–Kier alpha value is -1.60. The number of nitrogens with one attached hydrogen (secondary N) is 2. The number of likely N-dealkylation sites (tertiary alicyclic amines) is 1. The first-order chi connectivity index (χ1) is 11.9. The van der Waals surface area contributed by atoms with Crippen molar-refractivity contribution in [2.24, 2.45) is 5.41 Å². The average Bonchev–Trinajstić information content (AvgIpc) is 3.02. The number of hydrogen-bond acceptors (Lipinski definition) is 3. The third-order valence-corrected chi connectivity index (χ3v) is 5.21. The molecule has 1 unspecified atom stereocenters. The van der Waals surface area contributed by atoms with Crippen LogP contribution < -0.4 is 10.6 Å². The third-order valence-electron chi connectivity index (χ3n) is 5.21. The maximum absolute atomic E-state index is 13.8. The summed E-state index contributed by atoms with van der Waals surface area (Å²) in [7, 11) is 0. The molecule has 2 atom stereocenters. The monoisotopic (exact) mass is 355 g/mol. The molecular formula is C18H24F3N3O. The first-order valence-corrected chi connectivity index (χ1v) is 8.75. The molecule has 1 aromatic carbocycles. The summed E-state index contributed by atoms with van der Waals surface area (Å²) < 4.78 is 41.5. The van der Waals surface area contributed by atoms with E-state index < -0.39 is 17.5 Å². The summed E-state index contributed by atoms with van der Waals surface area (Å²) in [6.07, 6.45) is -3.15. The molecule has 1 aromatic rings. The lowest BCUT2D eigenvalue weighted by Gasteiger charge is -2.33. The Labute approximate surface area is 145 Å². The van der Waals surface area contributed by atoms with Gasteiger partial charge in [0.15, 0.2) is 5.41 Å². The molecule has 2 aliphatic rings. The average molecular weight is 355 g/mol. The van der Waals surface area contributed by atoms with Crippen LogP contribution in [0.2, 0.25) is 0 Å². The third kappa shape index (κ3) is 3.98. The number of piperidine rings is 1. The van der Waals surface area contributed by atoms with Crippen LogP contribution >= 0.6 is 0 Å². The molecule has 0 bridgehead atoms. The highest BCUT2D eigenvalue weighted by molar-refractivity contribution is 5.84. The van der Waals surface area contributed by atoms with Gasteiger partial charge in [-0.1, -0.05) is 30.3 Å². The SMILES string of the molecule is O=C(N[C@H]1CCCNC1)C1(C(F)(F)F)CCN(Cc2ccccc2)C1. The minimum absolute atomic E-state index is 0.185. The molecule has 0 spiro atoms. The number of alkyl halides is 3. The number of amides is 1. The normalized spacial score (nSPS) is 28.0. The zero-order valence-corrected chi connectivity index (χ0v) is 14.1. The van der Waals surface area contributed by atoms with Crippen molar-refractivity contribution in [2.75, 3.05) is 26.2 Å². The summed E-state index contributed by atoms with van der Waals surface area (Å²) in [5.74, 6) is -0.871. The lowest BCUT2D eigenvalue weighted by molar-refractivity contribution is -0.218. The van der Waals surface area contributed by atoms with Gasteiger partial charge >= 0.3 is 6.18 Å². The van der Waals surface area contributed by atoms with Crippen LogP contribution in [-0.4, -0.2) is 49.2 Å². The number of nitrogens with zero attached hydrogens (tertiary/aromatic N) is 1. The maximum Gasteiger partial charge on any atom is 0.404 e. The van der Waals surface area contributed by atoms with Gasteiger partial charge in [-0.25, -0.2) is 0 Å². The Morgan fingerprint density at radius 1 is 1.32 bits per heavy atom. The molecule has 3 rings (SSSR count). The second kappa shape index (κ2) is 7.33. The highest BCUT2D eigenvalue weighted by atomic mass is 19.4. The van der Waals surface area contributed by atoms with E-state index in [1.54, 1.807) is 4.90 Å². The van der Waals surface area contributed by atoms with Crippen molar-refractivity contribution in [1.29, 1.82) is 0 Å². The van der Waals surface area contributed by atoms with Gasteiger partial charge in [-0.15, -0.1) is 0 Å². The van der Waals surface area contributed by atoms with E-state index in [1.807, 2.05) is 30.3 Å². The number of rotatable bonds is 4. The number of hydrogen-bond donors (Lipinski definition) is 2. The van der Waals surface area contributed by atoms with Gasteiger partial charge in [-0.2, -0.15) is 13.2 Å². The molecule has 2 fully saturated rings. The van der Waals surface area contributed by atoms with Crippen molar-refractivity contribution in [2.45, 2.75) is 38.0 Å². The van der Waals surface area contributed by atoms with E-state index in [1.165, 1.54) is 0 Å². The summed E-state index contributed by atoms with van der Waals surface area (Å²) in [5, 5.41) is 5.76. The van der Waals surface area contributed by atoms with Gasteiger partial charge in [0.2, 0.25) is 5.91 Å². The fourth-order valence-corrected chi connectivity index (χ4v) is 3.71. The summed E-state index contributed by atoms with van der Waals surface area (Å²) in [6.45, 7) is 1.80. The van der Waals surface area contributed by atoms with Crippen LogP contribution in [0.1, 0.15) is 24.8 Å². The van der Waals surface area contributed by atoms with E-state index in [0.29, 0.717) is 13.1 Å². The molecule has 1 amide bonds. The van der Waals surface area contributed by atoms with Gasteiger partial charge in [0.25, 0.3) is 0 Å². The quantitative estimate of drug-likeness (QED) is 0.871. The summed E-state index contributed by atoms with van der Waals surface area (Å²) in [5.41, 5.74) is -1.35. The Morgan fingerprint density at radius 3 is 2.72 bits per heavy atom. The molecule has 25 heavy (non-hydrogen) atoms. The Morgan fingerprint density at radius 2 is 2.08 bits per heavy atom. The van der Waals surface area contributed by atoms with E-state index in [2.05, 4.69) is 10.6 Å². The predicted octanol–water partition coefficient (Wildman–Crippen LogP) is 2.31. The highest BCUT2D eigenvalue weighted by Crippen LogP contribution is 2.46. The first kappa shape index (κ1) is 18.2. The lowest BCUT2D eigenvalue weighted by Crippen LogP contribution is -2.56. The number of benzene rings is 1. The number of carbonyl (C=O) groups is 1. The second-order valence-corrected chi connectivity index (χ2v) is 7.04. The van der Waals surface area contributed by atoms with E-state index in [0.717, 1.165) is 24.9 Å². The molecule has 4 nitrogen and oxygen atoms in total. The topological polar surface area (TPSA) is 44.4 Å². The van der Waals surface area contributed by atoms with Gasteiger partial charge in [0, 0.05) is 25.7 Å². The van der Waals surface area contributed by atoms with Crippen LogP contribution in [-0.2, 0) is 11.3 Å². The Kier molecular flexibility index (Phi) is 5.34. The van der Waals surface area contributed by atoms with Crippen LogP contribution in [0.5, 0.6) is 0 Å². The van der Waals surface area contributed by atoms with Crippen molar-refractivity contribution in [3.05, 3.63) is 35.9 Å². The van der Waals surface area contributed by atoms with Crippen LogP contribution in [0.25, 0.3) is 0 Å². The van der Waals surface area contributed by atoms with Gasteiger partial charge in [-0.05, 0) is 37.9 Å². The largest absolute Gasteiger partial charge is 0.404 e. The lowest BCUT2D eigenvalue weighted by atomic mass is 9.84. The minimum atomic E-state index is -4.55. The van der Waals surface area contributed by atoms with E-state index in [9.17, 15) is 18.0 Å². The smallest absolute Gasteiger partial charge is 0.351 e. The van der Waals surface area contributed by atoms with Crippen molar-refractivity contribution in [3.63, 3.8) is 0 Å². The van der Waals surface area contributed by atoms with E-state index in [4.69, 9.17) is 0 Å². The zero-order valence-electron chi connectivity index (χ0n) is 14.1. The minimum Gasteiger partial charge on any atom is -0.351 e. The van der Waals surface area contributed by atoms with Crippen molar-refractivity contribution < 1.29 is 18.0 Å². The summed E-state index contributed by atoms with van der Waals surface area (Å²) in [4.78, 5) is 14.3. The van der Waals surface area contributed by atoms with E-state index >= 15 is 0 Å². The van der Waals surface area contributed by atoms with Crippen LogP contribution in [0.4, 0.5) is 13.2 Å². The van der Waals surface area contributed by atoms with Crippen molar-refractivity contribution in [1.82, 2.24) is 15.5 Å². The molecule has 2 aliphatic heterocycles. The van der Waals surface area contributed by atoms with Crippen LogP contribution in [0, 0.1) is 5.41 Å². The van der Waals surface area contributed by atoms with Crippen LogP contribution in [0.15, 0.2) is 30.3 Å². The highest BCUT2D eigenvalue weighted by Gasteiger charge is 2.63. The standard InChI is InChI=1S/C18H24F3N3O/c19-18(20,21)17(16(25)23-15-7-4-9-22-11-15)8-10-24(13-17)12-14-5-2-1-3-6-14/h1-3,5-6,15,22H,4,7-13H2,(H,23,25)/t15-,17?/m0/s1. The second-order valence-electron chi connectivity index (χ2n) is 7.04. The molecule has 7 heteroatoms. The number of halogens is 3. The molecule has 2 saturated heterocycles. The molecule has 2 N–H and O–H groups in total. The van der Waals surface area contributed by atoms with Crippen molar-refractivity contribution >= 4 is 5.91 Å². The fraction of sp³-hybridized carbons (Fsp3) is 0.611. The summed E-state index contributed by atoms with van der Waals surface area (Å²) in [6, 6.07) is 9.17. The van der Waals surface area contributed by atoms with Gasteiger partial charge in [0.1, 0.15) is 0 Å². The van der Waals surface area contributed by atoms with E-state index in [-0.39, 0.29) is 25.6 Å². The summed E-state index contributed by atoms with van der Waals surface area (Å²) >= 11 is 0. The Bertz CT molecular complexity index is 587. The van der Waals surface area contributed by atoms with Gasteiger partial charge in [0.05, 0.1) is 0 Å². The molecule has 2 heterocycles. The first-order valence-electron chi connectivity index (χ1n) is 8.75.